The molecule has 1 rings (SSSR count). The van der Waals surface area contributed by atoms with Gasteiger partial charge < -0.3 is 9.84 Å². The maximum atomic E-state index is 11.8. The monoisotopic (exact) mass is 287 g/mol. The molecule has 0 aliphatic carbocycles. The number of methoxy groups -OCH3 is 1. The van der Waals surface area contributed by atoms with E-state index in [1.165, 1.54) is 12.1 Å². The summed E-state index contributed by atoms with van der Waals surface area (Å²) in [5, 5.41) is 8.92. The number of esters is 1. The summed E-state index contributed by atoms with van der Waals surface area (Å²) in [6.07, 6.45) is 0. The summed E-state index contributed by atoms with van der Waals surface area (Å²) in [5.41, 5.74) is 0.334. The summed E-state index contributed by atoms with van der Waals surface area (Å²) >= 11 is 0. The van der Waals surface area contributed by atoms with E-state index in [1.54, 1.807) is 6.92 Å². The molecule has 104 valence electrons. The van der Waals surface area contributed by atoms with Crippen molar-refractivity contribution in [1.82, 2.24) is 4.72 Å². The second-order valence-electron chi connectivity index (χ2n) is 3.68. The zero-order chi connectivity index (χ0) is 14.6. The second-order valence-corrected chi connectivity index (χ2v) is 5.45. The number of aryl methyl sites for hydroxylation is 1. The summed E-state index contributed by atoms with van der Waals surface area (Å²) < 4.78 is 30.0. The summed E-state index contributed by atoms with van der Waals surface area (Å²) in [4.78, 5) is 21.6. The van der Waals surface area contributed by atoms with Gasteiger partial charge in [0, 0.05) is 0 Å². The Labute approximate surface area is 110 Å². The highest BCUT2D eigenvalue weighted by Crippen LogP contribution is 2.15. The van der Waals surface area contributed by atoms with Crippen molar-refractivity contribution >= 4 is 22.0 Å². The van der Waals surface area contributed by atoms with Crippen LogP contribution in [-0.4, -0.2) is 39.1 Å². The molecule has 0 unspecified atom stereocenters. The molecule has 0 heterocycles. The van der Waals surface area contributed by atoms with Crippen LogP contribution in [0.1, 0.15) is 15.9 Å². The zero-order valence-corrected chi connectivity index (χ0v) is 11.2. The molecule has 0 atom stereocenters. The average molecular weight is 287 g/mol. The number of rotatable bonds is 5. The van der Waals surface area contributed by atoms with E-state index in [9.17, 15) is 18.0 Å². The van der Waals surface area contributed by atoms with Crippen LogP contribution in [0.15, 0.2) is 23.1 Å². The summed E-state index contributed by atoms with van der Waals surface area (Å²) in [7, 11) is -2.82. The van der Waals surface area contributed by atoms with E-state index in [0.717, 1.165) is 13.2 Å². The minimum atomic E-state index is -3.95. The topological polar surface area (TPSA) is 110 Å². The molecule has 0 amide bonds. The number of carbonyl (C=O) groups is 2. The minimum absolute atomic E-state index is 0.110. The van der Waals surface area contributed by atoms with Crippen LogP contribution in [0, 0.1) is 6.92 Å². The van der Waals surface area contributed by atoms with Crippen LogP contribution in [-0.2, 0) is 19.6 Å². The first-order chi connectivity index (χ1) is 8.77. The van der Waals surface area contributed by atoms with Crippen LogP contribution >= 0.6 is 0 Å². The third-order valence-electron chi connectivity index (χ3n) is 2.38. The normalized spacial score (nSPS) is 11.1. The van der Waals surface area contributed by atoms with Crippen molar-refractivity contribution in [2.75, 3.05) is 13.7 Å². The Bertz CT molecular complexity index is 608. The molecule has 2 N–H and O–H groups in total. The molecule has 0 saturated heterocycles. The molecule has 1 aromatic rings. The van der Waals surface area contributed by atoms with Gasteiger partial charge in [0.15, 0.2) is 0 Å². The molecule has 0 spiro atoms. The number of benzene rings is 1. The fourth-order valence-corrected chi connectivity index (χ4v) is 2.30. The Morgan fingerprint density at radius 3 is 2.53 bits per heavy atom. The van der Waals surface area contributed by atoms with Crippen molar-refractivity contribution in [2.45, 2.75) is 11.8 Å². The van der Waals surface area contributed by atoms with Crippen LogP contribution in [0.2, 0.25) is 0 Å². The molecule has 0 aromatic heterocycles. The number of carboxylic acids is 1. The van der Waals surface area contributed by atoms with Crippen molar-refractivity contribution in [3.63, 3.8) is 0 Å². The van der Waals surface area contributed by atoms with E-state index >= 15 is 0 Å². The molecule has 0 radical (unpaired) electrons. The number of nitrogens with one attached hydrogen (secondary N) is 1. The lowest BCUT2D eigenvalue weighted by molar-refractivity contribution is -0.139. The smallest absolute Gasteiger partial charge is 0.335 e. The van der Waals surface area contributed by atoms with Gasteiger partial charge in [-0.25, -0.2) is 13.2 Å². The van der Waals surface area contributed by atoms with Gasteiger partial charge in [-0.05, 0) is 24.6 Å². The molecule has 7 nitrogen and oxygen atoms in total. The number of carbonyl (C=O) groups excluding carboxylic acids is 1. The quantitative estimate of drug-likeness (QED) is 0.746. The average Bonchev–Trinajstić information content (AvgIpc) is 2.35. The number of aromatic carboxylic acids is 1. The second kappa shape index (κ2) is 5.81. The Morgan fingerprint density at radius 2 is 2.00 bits per heavy atom. The van der Waals surface area contributed by atoms with Crippen LogP contribution in [0.3, 0.4) is 0 Å². The van der Waals surface area contributed by atoms with Crippen molar-refractivity contribution in [1.29, 1.82) is 0 Å². The fourth-order valence-electron chi connectivity index (χ4n) is 1.31. The van der Waals surface area contributed by atoms with E-state index in [4.69, 9.17) is 5.11 Å². The SMILES string of the molecule is COC(=O)CNS(=O)(=O)c1ccc(C)c(C(=O)O)c1. The number of hydrogen-bond acceptors (Lipinski definition) is 5. The van der Waals surface area contributed by atoms with Gasteiger partial charge in [0.05, 0.1) is 17.6 Å². The third-order valence-corrected chi connectivity index (χ3v) is 3.78. The largest absolute Gasteiger partial charge is 0.478 e. The molecule has 0 aliphatic rings. The fraction of sp³-hybridized carbons (Fsp3) is 0.273. The molecule has 0 fully saturated rings. The van der Waals surface area contributed by atoms with Crippen LogP contribution in [0.4, 0.5) is 0 Å². The molecule has 8 heteroatoms. The molecule has 1 aromatic carbocycles. The first kappa shape index (κ1) is 15.1. The molecule has 0 aliphatic heterocycles. The number of sulfonamides is 1. The van der Waals surface area contributed by atoms with E-state index < -0.39 is 28.5 Å². The molecule has 19 heavy (non-hydrogen) atoms. The van der Waals surface area contributed by atoms with Gasteiger partial charge in [0.2, 0.25) is 10.0 Å². The van der Waals surface area contributed by atoms with Gasteiger partial charge in [-0.15, -0.1) is 0 Å². The van der Waals surface area contributed by atoms with Crippen molar-refractivity contribution in [3.8, 4) is 0 Å². The van der Waals surface area contributed by atoms with Crippen molar-refractivity contribution in [2.24, 2.45) is 0 Å². The Balaban J connectivity index is 3.05. The van der Waals surface area contributed by atoms with Gasteiger partial charge >= 0.3 is 11.9 Å². The van der Waals surface area contributed by atoms with Crippen molar-refractivity contribution < 1.29 is 27.9 Å². The Morgan fingerprint density at radius 1 is 1.37 bits per heavy atom. The van der Waals surface area contributed by atoms with Gasteiger partial charge in [-0.1, -0.05) is 6.07 Å². The van der Waals surface area contributed by atoms with E-state index in [-0.39, 0.29) is 10.5 Å². The Kier molecular flexibility index (Phi) is 4.62. The van der Waals surface area contributed by atoms with E-state index in [1.807, 2.05) is 4.72 Å². The predicted molar refractivity (Wildman–Crippen MR) is 65.3 cm³/mol. The van der Waals surface area contributed by atoms with Crippen molar-refractivity contribution in [3.05, 3.63) is 29.3 Å². The highest BCUT2D eigenvalue weighted by atomic mass is 32.2. The summed E-state index contributed by atoms with van der Waals surface area (Å²) in [6, 6.07) is 3.69. The zero-order valence-electron chi connectivity index (χ0n) is 10.3. The van der Waals surface area contributed by atoms with Crippen LogP contribution in [0.5, 0.6) is 0 Å². The first-order valence-corrected chi connectivity index (χ1v) is 6.66. The van der Waals surface area contributed by atoms with Gasteiger partial charge in [-0.2, -0.15) is 4.72 Å². The lowest BCUT2D eigenvalue weighted by atomic mass is 10.1. The van der Waals surface area contributed by atoms with Gasteiger partial charge in [0.25, 0.3) is 0 Å². The highest BCUT2D eigenvalue weighted by molar-refractivity contribution is 7.89. The lowest BCUT2D eigenvalue weighted by Crippen LogP contribution is -2.30. The Hall–Kier alpha value is -1.93. The molecule has 0 bridgehead atoms. The minimum Gasteiger partial charge on any atom is -0.478 e. The predicted octanol–water partition coefficient (Wildman–Crippen LogP) is 0.145. The highest BCUT2D eigenvalue weighted by Gasteiger charge is 2.18. The number of ether oxygens (including phenoxy) is 1. The maximum Gasteiger partial charge on any atom is 0.335 e. The van der Waals surface area contributed by atoms with Gasteiger partial charge in [0.1, 0.15) is 6.54 Å². The first-order valence-electron chi connectivity index (χ1n) is 5.18. The summed E-state index contributed by atoms with van der Waals surface area (Å²) in [5.74, 6) is -1.96. The summed E-state index contributed by atoms with van der Waals surface area (Å²) in [6.45, 7) is 1.04. The van der Waals surface area contributed by atoms with E-state index in [2.05, 4.69) is 4.74 Å². The molecular weight excluding hydrogens is 274 g/mol. The molecule has 0 saturated carbocycles. The third kappa shape index (κ3) is 3.76. The number of hydrogen-bond donors (Lipinski definition) is 2. The molecular formula is C11H13NO6S. The number of carboxylic acid groups (broad SMARTS) is 1. The van der Waals surface area contributed by atoms with E-state index in [0.29, 0.717) is 5.56 Å². The van der Waals surface area contributed by atoms with Crippen LogP contribution in [0.25, 0.3) is 0 Å². The van der Waals surface area contributed by atoms with Crippen LogP contribution < -0.4 is 4.72 Å². The maximum absolute atomic E-state index is 11.8. The lowest BCUT2D eigenvalue weighted by Gasteiger charge is -2.08. The van der Waals surface area contributed by atoms with Gasteiger partial charge in [-0.3, -0.25) is 4.79 Å². The standard InChI is InChI=1S/C11H13NO6S/c1-7-3-4-8(5-9(7)11(14)15)19(16,17)12-6-10(13)18-2/h3-5,12H,6H2,1-2H3,(H,14,15).